The number of likely N-dealkylation sites (N-methyl/N-ethyl adjacent to an activating group) is 1. The summed E-state index contributed by atoms with van der Waals surface area (Å²) >= 11 is 0. The Morgan fingerprint density at radius 2 is 0.792 bits per heavy atom. The highest BCUT2D eigenvalue weighted by atomic mass is 31.2. The maximum Gasteiger partial charge on any atom is 0.306 e. The van der Waals surface area contributed by atoms with Gasteiger partial charge in [0.25, 0.3) is 7.82 Å². The van der Waals surface area contributed by atoms with E-state index in [2.05, 4.69) is 86.8 Å². The smallest absolute Gasteiger partial charge is 0.306 e. The summed E-state index contributed by atoms with van der Waals surface area (Å²) in [5.41, 5.74) is 0. The third kappa shape index (κ3) is 56.7. The van der Waals surface area contributed by atoms with Crippen LogP contribution in [0.3, 0.4) is 0 Å². The van der Waals surface area contributed by atoms with Gasteiger partial charge in [-0.2, -0.15) is 0 Å². The van der Waals surface area contributed by atoms with Crippen molar-refractivity contribution >= 4 is 19.8 Å². The average molecular weight is 1030 g/mol. The van der Waals surface area contributed by atoms with E-state index in [0.29, 0.717) is 17.4 Å². The van der Waals surface area contributed by atoms with E-state index in [1.165, 1.54) is 148 Å². The fraction of sp³-hybridized carbons (Fsp3) is 0.774. The Labute approximate surface area is 444 Å². The van der Waals surface area contributed by atoms with E-state index >= 15 is 0 Å². The molecule has 0 aliphatic heterocycles. The van der Waals surface area contributed by atoms with Crippen molar-refractivity contribution < 1.29 is 42.1 Å². The number of hydrogen-bond donors (Lipinski definition) is 0. The number of phosphoric acid groups is 1. The lowest BCUT2D eigenvalue weighted by Gasteiger charge is -2.28. The molecule has 0 heterocycles. The van der Waals surface area contributed by atoms with Gasteiger partial charge in [-0.25, -0.2) is 0 Å². The van der Waals surface area contributed by atoms with Crippen LogP contribution in [-0.2, 0) is 32.7 Å². The van der Waals surface area contributed by atoms with Gasteiger partial charge >= 0.3 is 11.9 Å². The van der Waals surface area contributed by atoms with Crippen molar-refractivity contribution in [2.24, 2.45) is 0 Å². The Bertz CT molecular complexity index is 1450. The van der Waals surface area contributed by atoms with Gasteiger partial charge < -0.3 is 27.9 Å². The summed E-state index contributed by atoms with van der Waals surface area (Å²) in [7, 11) is 1.17. The van der Waals surface area contributed by atoms with Crippen LogP contribution < -0.4 is 4.89 Å². The first-order valence-electron chi connectivity index (χ1n) is 29.6. The van der Waals surface area contributed by atoms with Crippen LogP contribution in [0.2, 0.25) is 0 Å². The number of nitrogens with zero attached hydrogens (tertiary/aromatic N) is 1. The summed E-state index contributed by atoms with van der Waals surface area (Å²) in [4.78, 5) is 37.7. The van der Waals surface area contributed by atoms with Gasteiger partial charge in [-0.15, -0.1) is 0 Å². The lowest BCUT2D eigenvalue weighted by atomic mass is 10.0. The second kappa shape index (κ2) is 53.3. The fourth-order valence-corrected chi connectivity index (χ4v) is 8.92. The molecule has 0 amide bonds. The van der Waals surface area contributed by atoms with Gasteiger partial charge in [0, 0.05) is 12.8 Å². The van der Waals surface area contributed by atoms with Gasteiger partial charge in [-0.1, -0.05) is 254 Å². The normalized spacial score (nSPS) is 13.8. The van der Waals surface area contributed by atoms with Gasteiger partial charge in [0.2, 0.25) is 0 Å². The van der Waals surface area contributed by atoms with E-state index in [9.17, 15) is 19.0 Å². The van der Waals surface area contributed by atoms with Crippen molar-refractivity contribution in [3.63, 3.8) is 0 Å². The SMILES string of the molecule is CC/C=C\C/C=C\C/C=C\C/C=C\C/C=C\C/C=C\CCCCCCCCCCCCCCCCCCCCC(=O)OC(COC(=O)CCCCCCCCCCCCC)COP(=O)([O-])OCC[N+](C)(C)C. The molecule has 0 spiro atoms. The van der Waals surface area contributed by atoms with Crippen LogP contribution in [0.5, 0.6) is 0 Å². The molecule has 0 aliphatic carbocycles. The van der Waals surface area contributed by atoms with Gasteiger partial charge in [0.15, 0.2) is 6.10 Å². The van der Waals surface area contributed by atoms with Crippen molar-refractivity contribution in [2.45, 2.75) is 264 Å². The first-order valence-corrected chi connectivity index (χ1v) is 31.1. The Morgan fingerprint density at radius 1 is 0.444 bits per heavy atom. The number of hydrogen-bond acceptors (Lipinski definition) is 8. The van der Waals surface area contributed by atoms with Gasteiger partial charge in [0.05, 0.1) is 27.7 Å². The molecule has 0 fully saturated rings. The summed E-state index contributed by atoms with van der Waals surface area (Å²) in [6.07, 6.45) is 69.7. The monoisotopic (exact) mass is 1030 g/mol. The van der Waals surface area contributed by atoms with E-state index in [4.69, 9.17) is 18.5 Å². The zero-order chi connectivity index (χ0) is 52.7. The number of phosphoric ester groups is 1. The van der Waals surface area contributed by atoms with Gasteiger partial charge in [-0.3, -0.25) is 14.2 Å². The van der Waals surface area contributed by atoms with Crippen LogP contribution >= 0.6 is 7.82 Å². The van der Waals surface area contributed by atoms with Crippen LogP contribution in [0.25, 0.3) is 0 Å². The van der Waals surface area contributed by atoms with Crippen LogP contribution in [-0.4, -0.2) is 70.0 Å². The number of esters is 2. The lowest BCUT2D eigenvalue weighted by molar-refractivity contribution is -0.870. The van der Waals surface area contributed by atoms with Crippen molar-refractivity contribution in [1.29, 1.82) is 0 Å². The topological polar surface area (TPSA) is 111 Å². The van der Waals surface area contributed by atoms with Crippen LogP contribution in [0, 0.1) is 0 Å². The zero-order valence-electron chi connectivity index (χ0n) is 47.4. The van der Waals surface area contributed by atoms with Crippen molar-refractivity contribution in [2.75, 3.05) is 47.5 Å². The zero-order valence-corrected chi connectivity index (χ0v) is 48.3. The third-order valence-corrected chi connectivity index (χ3v) is 13.7. The molecule has 10 heteroatoms. The molecule has 9 nitrogen and oxygen atoms in total. The maximum atomic E-state index is 12.8. The molecule has 418 valence electrons. The predicted molar refractivity (Wildman–Crippen MR) is 305 cm³/mol. The number of ether oxygens (including phenoxy) is 2. The lowest BCUT2D eigenvalue weighted by Crippen LogP contribution is -2.37. The molecule has 0 saturated heterocycles. The third-order valence-electron chi connectivity index (χ3n) is 12.7. The summed E-state index contributed by atoms with van der Waals surface area (Å²) in [5, 5.41) is 0. The highest BCUT2D eigenvalue weighted by Crippen LogP contribution is 2.38. The van der Waals surface area contributed by atoms with E-state index in [0.717, 1.165) is 77.0 Å². The predicted octanol–water partition coefficient (Wildman–Crippen LogP) is 17.8. The van der Waals surface area contributed by atoms with Crippen molar-refractivity contribution in [3.8, 4) is 0 Å². The first kappa shape index (κ1) is 69.5. The minimum absolute atomic E-state index is 0.0300. The summed E-state index contributed by atoms with van der Waals surface area (Å²) in [6, 6.07) is 0. The Kier molecular flexibility index (Phi) is 51.4. The average Bonchev–Trinajstić information content (AvgIpc) is 3.34. The number of rotatable bonds is 54. The molecule has 0 N–H and O–H groups in total. The Hall–Kier alpha value is -2.55. The number of allylic oxidation sites excluding steroid dienone is 12. The molecule has 2 atom stereocenters. The number of carbonyl (C=O) groups excluding carboxylic acids is 2. The van der Waals surface area contributed by atoms with E-state index < -0.39 is 26.5 Å². The minimum atomic E-state index is -4.63. The fourth-order valence-electron chi connectivity index (χ4n) is 8.19. The summed E-state index contributed by atoms with van der Waals surface area (Å²) < 4.78 is 34.1. The molecular weight excluding hydrogens is 918 g/mol. The molecule has 0 aromatic heterocycles. The molecule has 0 aromatic rings. The van der Waals surface area contributed by atoms with Gasteiger partial charge in [0.1, 0.15) is 19.8 Å². The molecule has 0 radical (unpaired) electrons. The molecule has 0 aliphatic rings. The first-order chi connectivity index (χ1) is 35.0. The molecule has 0 aromatic carbocycles. The van der Waals surface area contributed by atoms with Crippen molar-refractivity contribution in [1.82, 2.24) is 0 Å². The van der Waals surface area contributed by atoms with E-state index in [1.807, 2.05) is 21.1 Å². The molecule has 2 unspecified atom stereocenters. The number of unbranched alkanes of at least 4 members (excludes halogenated alkanes) is 28. The minimum Gasteiger partial charge on any atom is -0.756 e. The molecule has 0 saturated carbocycles. The largest absolute Gasteiger partial charge is 0.756 e. The van der Waals surface area contributed by atoms with E-state index in [1.54, 1.807) is 0 Å². The molecule has 0 bridgehead atoms. The maximum absolute atomic E-state index is 12.8. The summed E-state index contributed by atoms with van der Waals surface area (Å²) in [6.45, 7) is 4.13. The number of quaternary nitrogens is 1. The van der Waals surface area contributed by atoms with E-state index in [-0.39, 0.29) is 32.0 Å². The Balaban J connectivity index is 3.95. The second-order valence-corrected chi connectivity index (χ2v) is 22.4. The van der Waals surface area contributed by atoms with Crippen molar-refractivity contribution in [3.05, 3.63) is 72.9 Å². The molecule has 0 rings (SSSR count). The number of carbonyl (C=O) groups is 2. The summed E-state index contributed by atoms with van der Waals surface area (Å²) in [5.74, 6) is -0.826. The highest BCUT2D eigenvalue weighted by Gasteiger charge is 2.22. The van der Waals surface area contributed by atoms with Crippen LogP contribution in [0.15, 0.2) is 72.9 Å². The van der Waals surface area contributed by atoms with Gasteiger partial charge in [-0.05, 0) is 64.2 Å². The molecular formula is C62H112NO8P. The quantitative estimate of drug-likeness (QED) is 0.0195. The van der Waals surface area contributed by atoms with Crippen LogP contribution in [0.4, 0.5) is 0 Å². The Morgan fingerprint density at radius 3 is 1.18 bits per heavy atom. The van der Waals surface area contributed by atoms with Crippen LogP contribution in [0.1, 0.15) is 258 Å². The highest BCUT2D eigenvalue weighted by molar-refractivity contribution is 7.45. The molecule has 72 heavy (non-hydrogen) atoms. The standard InChI is InChI=1S/C62H112NO8P/c1-6-8-10-12-14-16-18-19-20-21-22-23-24-25-26-27-28-29-30-31-32-33-34-35-36-37-38-39-40-41-42-43-45-47-49-51-53-55-62(65)71-60(59-70-72(66,67)69-57-56-63(3,4)5)58-68-61(64)54-52-50-48-46-44-17-15-13-11-9-7-2/h8,10,14,16,19-20,22-23,25-26,28-29,60H,6-7,9,11-13,15,17-18,21,24,27,30-59H2,1-5H3/b10-8-,16-14-,20-19-,23-22-,26-25-,29-28-. The second-order valence-electron chi connectivity index (χ2n) is 21.0.